The van der Waals surface area contributed by atoms with Gasteiger partial charge in [-0.2, -0.15) is 8.42 Å². The van der Waals surface area contributed by atoms with E-state index >= 15 is 0 Å². The average Bonchev–Trinajstić information content (AvgIpc) is 2.79. The molecule has 1 amide bonds. The Balaban J connectivity index is 1.77. The number of anilines is 1. The number of benzene rings is 2. The number of hydrogen-bond acceptors (Lipinski definition) is 4. The van der Waals surface area contributed by atoms with Crippen molar-refractivity contribution in [3.8, 4) is 5.75 Å². The Kier molecular flexibility index (Phi) is 3.96. The van der Waals surface area contributed by atoms with Crippen LogP contribution in [-0.4, -0.2) is 26.0 Å². The van der Waals surface area contributed by atoms with Gasteiger partial charge in [0.2, 0.25) is 0 Å². The molecule has 1 saturated heterocycles. The number of phenolic OH excluding ortho intramolecular Hbond substituents is 1. The van der Waals surface area contributed by atoms with Gasteiger partial charge in [0.15, 0.2) is 0 Å². The number of rotatable bonds is 4. The van der Waals surface area contributed by atoms with Crippen molar-refractivity contribution in [3.63, 3.8) is 0 Å². The lowest BCUT2D eigenvalue weighted by Crippen LogP contribution is -2.29. The molecule has 0 radical (unpaired) electrons. The highest BCUT2D eigenvalue weighted by molar-refractivity contribution is 7.92. The SMILES string of the molecule is O=C1CN(c2ccc(CCc3ccccc3)cc2O)S(=O)(=O)N1. The molecule has 1 aliphatic heterocycles. The van der Waals surface area contributed by atoms with Crippen molar-refractivity contribution in [1.82, 2.24) is 4.72 Å². The van der Waals surface area contributed by atoms with Gasteiger partial charge in [0.05, 0.1) is 5.69 Å². The van der Waals surface area contributed by atoms with Crippen LogP contribution >= 0.6 is 0 Å². The minimum atomic E-state index is -3.91. The van der Waals surface area contributed by atoms with Crippen LogP contribution in [0.3, 0.4) is 0 Å². The van der Waals surface area contributed by atoms with Crippen LogP contribution in [0.5, 0.6) is 5.75 Å². The maximum Gasteiger partial charge on any atom is 0.326 e. The lowest BCUT2D eigenvalue weighted by Gasteiger charge is -2.16. The first-order chi connectivity index (χ1) is 11.0. The normalized spacial score (nSPS) is 16.3. The van der Waals surface area contributed by atoms with Gasteiger partial charge in [-0.25, -0.2) is 9.03 Å². The van der Waals surface area contributed by atoms with E-state index in [0.717, 1.165) is 22.7 Å². The van der Waals surface area contributed by atoms with Crippen LogP contribution in [0.2, 0.25) is 0 Å². The van der Waals surface area contributed by atoms with Gasteiger partial charge in [0, 0.05) is 0 Å². The molecule has 120 valence electrons. The number of carbonyl (C=O) groups excluding carboxylic acids is 1. The highest BCUT2D eigenvalue weighted by Gasteiger charge is 2.35. The third-order valence-corrected chi connectivity index (χ3v) is 5.07. The van der Waals surface area contributed by atoms with Gasteiger partial charge in [-0.1, -0.05) is 36.4 Å². The number of nitrogens with one attached hydrogen (secondary N) is 1. The van der Waals surface area contributed by atoms with Crippen LogP contribution in [0.15, 0.2) is 48.5 Å². The van der Waals surface area contributed by atoms with E-state index in [1.165, 1.54) is 17.7 Å². The Morgan fingerprint density at radius 3 is 2.35 bits per heavy atom. The number of aromatic hydroxyl groups is 1. The van der Waals surface area contributed by atoms with Crippen molar-refractivity contribution >= 4 is 21.8 Å². The third-order valence-electron chi connectivity index (χ3n) is 3.67. The highest BCUT2D eigenvalue weighted by atomic mass is 32.2. The van der Waals surface area contributed by atoms with Crippen LogP contribution in [0.4, 0.5) is 5.69 Å². The van der Waals surface area contributed by atoms with E-state index in [1.54, 1.807) is 6.07 Å². The fourth-order valence-corrected chi connectivity index (χ4v) is 3.69. The molecule has 7 heteroatoms. The minimum Gasteiger partial charge on any atom is -0.506 e. The van der Waals surface area contributed by atoms with Gasteiger partial charge in [-0.05, 0) is 36.1 Å². The lowest BCUT2D eigenvalue weighted by molar-refractivity contribution is -0.117. The van der Waals surface area contributed by atoms with Crippen molar-refractivity contribution in [1.29, 1.82) is 0 Å². The van der Waals surface area contributed by atoms with Gasteiger partial charge in [-0.15, -0.1) is 0 Å². The highest BCUT2D eigenvalue weighted by Crippen LogP contribution is 2.31. The van der Waals surface area contributed by atoms with Crippen LogP contribution in [0.1, 0.15) is 11.1 Å². The summed E-state index contributed by atoms with van der Waals surface area (Å²) in [6.07, 6.45) is 1.55. The van der Waals surface area contributed by atoms with Gasteiger partial charge >= 0.3 is 10.2 Å². The predicted molar refractivity (Wildman–Crippen MR) is 86.4 cm³/mol. The standard InChI is InChI=1S/C16H16N2O4S/c19-15-10-13(7-6-12-4-2-1-3-5-12)8-9-14(15)18-11-16(20)17-23(18,21)22/h1-5,8-10,19H,6-7,11H2,(H,17,20). The quantitative estimate of drug-likeness (QED) is 0.885. The maximum absolute atomic E-state index is 11.8. The monoisotopic (exact) mass is 332 g/mol. The molecule has 2 aromatic carbocycles. The summed E-state index contributed by atoms with van der Waals surface area (Å²) in [5.41, 5.74) is 2.19. The maximum atomic E-state index is 11.8. The molecule has 0 spiro atoms. The summed E-state index contributed by atoms with van der Waals surface area (Å²) in [6.45, 7) is -0.320. The topological polar surface area (TPSA) is 86.7 Å². The molecule has 0 aliphatic carbocycles. The van der Waals surface area contributed by atoms with Crippen LogP contribution < -0.4 is 9.03 Å². The molecule has 3 rings (SSSR count). The van der Waals surface area contributed by atoms with Crippen molar-refractivity contribution in [2.75, 3.05) is 10.8 Å². The molecule has 2 aromatic rings. The molecule has 6 nitrogen and oxygen atoms in total. The summed E-state index contributed by atoms with van der Waals surface area (Å²) in [6, 6.07) is 14.8. The molecule has 0 unspecified atom stereocenters. The largest absolute Gasteiger partial charge is 0.506 e. The van der Waals surface area contributed by atoms with Gasteiger partial charge in [-0.3, -0.25) is 4.79 Å². The minimum absolute atomic E-state index is 0.104. The van der Waals surface area contributed by atoms with E-state index in [9.17, 15) is 18.3 Å². The summed E-state index contributed by atoms with van der Waals surface area (Å²) in [5.74, 6) is -0.770. The Hall–Kier alpha value is -2.54. The number of aryl methyl sites for hydroxylation is 2. The smallest absolute Gasteiger partial charge is 0.326 e. The van der Waals surface area contributed by atoms with Crippen molar-refractivity contribution in [2.24, 2.45) is 0 Å². The second-order valence-corrected chi connectivity index (χ2v) is 6.94. The summed E-state index contributed by atoms with van der Waals surface area (Å²) in [5, 5.41) is 10.1. The number of phenols is 1. The van der Waals surface area contributed by atoms with E-state index in [1.807, 2.05) is 35.1 Å². The Morgan fingerprint density at radius 1 is 1.04 bits per heavy atom. The molecule has 1 fully saturated rings. The Labute approximate surface area is 134 Å². The summed E-state index contributed by atoms with van der Waals surface area (Å²) in [7, 11) is -3.91. The number of amides is 1. The molecule has 1 heterocycles. The predicted octanol–water partition coefficient (Wildman–Crippen LogP) is 1.36. The molecule has 0 saturated carbocycles. The molecule has 0 aromatic heterocycles. The Morgan fingerprint density at radius 2 is 1.74 bits per heavy atom. The van der Waals surface area contributed by atoms with E-state index in [2.05, 4.69) is 0 Å². The zero-order chi connectivity index (χ0) is 16.4. The first-order valence-corrected chi connectivity index (χ1v) is 8.59. The number of carbonyl (C=O) groups is 1. The zero-order valence-corrected chi connectivity index (χ0v) is 13.1. The average molecular weight is 332 g/mol. The second kappa shape index (κ2) is 5.92. The second-order valence-electron chi connectivity index (χ2n) is 5.35. The van der Waals surface area contributed by atoms with Crippen molar-refractivity contribution < 1.29 is 18.3 Å². The summed E-state index contributed by atoms with van der Waals surface area (Å²) in [4.78, 5) is 11.3. The first kappa shape index (κ1) is 15.4. The van der Waals surface area contributed by atoms with Crippen LogP contribution in [-0.2, 0) is 27.8 Å². The van der Waals surface area contributed by atoms with Crippen LogP contribution in [0.25, 0.3) is 0 Å². The van der Waals surface area contributed by atoms with E-state index in [0.29, 0.717) is 0 Å². The van der Waals surface area contributed by atoms with Gasteiger partial charge in [0.1, 0.15) is 12.3 Å². The zero-order valence-electron chi connectivity index (χ0n) is 12.3. The summed E-state index contributed by atoms with van der Waals surface area (Å²) < 4.78 is 26.4. The van der Waals surface area contributed by atoms with E-state index < -0.39 is 16.1 Å². The van der Waals surface area contributed by atoms with Gasteiger partial charge in [0.25, 0.3) is 5.91 Å². The van der Waals surface area contributed by atoms with Crippen molar-refractivity contribution in [3.05, 3.63) is 59.7 Å². The van der Waals surface area contributed by atoms with Crippen LogP contribution in [0, 0.1) is 0 Å². The fourth-order valence-electron chi connectivity index (χ4n) is 2.53. The Bertz CT molecular complexity index is 834. The molecular formula is C16H16N2O4S. The molecule has 2 N–H and O–H groups in total. The molecular weight excluding hydrogens is 316 g/mol. The van der Waals surface area contributed by atoms with E-state index in [4.69, 9.17) is 0 Å². The third kappa shape index (κ3) is 3.29. The summed E-state index contributed by atoms with van der Waals surface area (Å²) >= 11 is 0. The first-order valence-electron chi connectivity index (χ1n) is 7.15. The van der Waals surface area contributed by atoms with E-state index in [-0.39, 0.29) is 18.0 Å². The number of hydrogen-bond donors (Lipinski definition) is 2. The molecule has 23 heavy (non-hydrogen) atoms. The molecule has 1 aliphatic rings. The van der Waals surface area contributed by atoms with Gasteiger partial charge < -0.3 is 5.11 Å². The lowest BCUT2D eigenvalue weighted by atomic mass is 10.0. The van der Waals surface area contributed by atoms with Crippen molar-refractivity contribution in [2.45, 2.75) is 12.8 Å². The molecule has 0 atom stereocenters. The fraction of sp³-hybridized carbons (Fsp3) is 0.188. The number of nitrogens with zero attached hydrogens (tertiary/aromatic N) is 1. The molecule has 0 bridgehead atoms.